The van der Waals surface area contributed by atoms with Crippen molar-refractivity contribution in [2.75, 3.05) is 30.3 Å². The molecule has 1 aromatic heterocycles. The molecule has 0 unspecified atom stereocenters. The van der Waals surface area contributed by atoms with Gasteiger partial charge in [-0.05, 0) is 42.9 Å². The number of fused-ring (bicyclic) bond motifs is 1. The van der Waals surface area contributed by atoms with Crippen LogP contribution in [0.5, 0.6) is 6.01 Å². The van der Waals surface area contributed by atoms with Gasteiger partial charge in [0.2, 0.25) is 0 Å². The highest BCUT2D eigenvalue weighted by Gasteiger charge is 2.28. The Morgan fingerprint density at radius 2 is 2.10 bits per heavy atom. The molecular weight excluding hydrogens is 378 g/mol. The standard InChI is InChI=1S/C23H31N5O2/c1-2-3-9-30-23-26-21(24)20-11-19(29)15-28(22(20)27-23)14-18-6-4-5-17(10-18)13-25-12-16-7-8-16/h4-6,10,16,25H,2-3,7-9,11-15H2,1H3,(H2,24,26,27). The fourth-order valence-corrected chi connectivity index (χ4v) is 3.74. The molecule has 30 heavy (non-hydrogen) atoms. The van der Waals surface area contributed by atoms with Gasteiger partial charge in [0.15, 0.2) is 5.78 Å². The van der Waals surface area contributed by atoms with E-state index < -0.39 is 0 Å². The number of hydrogen-bond acceptors (Lipinski definition) is 7. The number of ether oxygens (including phenoxy) is 1. The molecule has 0 saturated heterocycles. The number of aromatic nitrogens is 2. The molecule has 4 rings (SSSR count). The maximum atomic E-state index is 12.4. The second-order valence-electron chi connectivity index (χ2n) is 8.36. The van der Waals surface area contributed by atoms with Crippen LogP contribution in [0.25, 0.3) is 0 Å². The monoisotopic (exact) mass is 409 g/mol. The molecule has 0 atom stereocenters. The van der Waals surface area contributed by atoms with E-state index in [1.807, 2.05) is 4.90 Å². The molecule has 0 radical (unpaired) electrons. The normalized spacial score (nSPS) is 15.9. The Balaban J connectivity index is 1.49. The van der Waals surface area contributed by atoms with Crippen LogP contribution in [0.2, 0.25) is 0 Å². The van der Waals surface area contributed by atoms with Crippen molar-refractivity contribution in [2.24, 2.45) is 5.92 Å². The van der Waals surface area contributed by atoms with Gasteiger partial charge in [-0.3, -0.25) is 4.79 Å². The quantitative estimate of drug-likeness (QED) is 0.583. The first-order valence-corrected chi connectivity index (χ1v) is 11.0. The van der Waals surface area contributed by atoms with Gasteiger partial charge in [0.05, 0.1) is 13.2 Å². The van der Waals surface area contributed by atoms with E-state index in [9.17, 15) is 4.79 Å². The van der Waals surface area contributed by atoms with E-state index in [4.69, 9.17) is 10.5 Å². The second kappa shape index (κ2) is 9.43. The Hall–Kier alpha value is -2.67. The Morgan fingerprint density at radius 3 is 2.90 bits per heavy atom. The van der Waals surface area contributed by atoms with Crippen molar-refractivity contribution in [3.8, 4) is 6.01 Å². The van der Waals surface area contributed by atoms with Crippen LogP contribution in [0.3, 0.4) is 0 Å². The molecule has 0 amide bonds. The zero-order valence-corrected chi connectivity index (χ0v) is 17.7. The third-order valence-corrected chi connectivity index (χ3v) is 5.59. The summed E-state index contributed by atoms with van der Waals surface area (Å²) in [5, 5.41) is 3.54. The number of Topliss-reactive ketones (excluding diaryl/α,β-unsaturated/α-hetero) is 1. The molecule has 1 fully saturated rings. The fraction of sp³-hybridized carbons (Fsp3) is 0.522. The average molecular weight is 410 g/mol. The Kier molecular flexibility index (Phi) is 6.47. The van der Waals surface area contributed by atoms with Crippen LogP contribution in [-0.4, -0.2) is 35.4 Å². The van der Waals surface area contributed by atoms with E-state index in [1.54, 1.807) is 0 Å². The highest BCUT2D eigenvalue weighted by Crippen LogP contribution is 2.31. The highest BCUT2D eigenvalue weighted by molar-refractivity contribution is 5.91. The van der Waals surface area contributed by atoms with E-state index in [0.717, 1.165) is 37.4 Å². The zero-order chi connectivity index (χ0) is 20.9. The van der Waals surface area contributed by atoms with Crippen molar-refractivity contribution in [3.63, 3.8) is 0 Å². The number of carbonyl (C=O) groups excluding carboxylic acids is 1. The Morgan fingerprint density at radius 1 is 1.27 bits per heavy atom. The molecule has 1 saturated carbocycles. The maximum absolute atomic E-state index is 12.4. The number of anilines is 2. The number of benzene rings is 1. The zero-order valence-electron chi connectivity index (χ0n) is 17.7. The second-order valence-corrected chi connectivity index (χ2v) is 8.36. The molecule has 0 bridgehead atoms. The van der Waals surface area contributed by atoms with E-state index in [0.29, 0.717) is 36.9 Å². The number of nitrogens with one attached hydrogen (secondary N) is 1. The largest absolute Gasteiger partial charge is 0.463 e. The van der Waals surface area contributed by atoms with Gasteiger partial charge in [-0.2, -0.15) is 9.97 Å². The molecule has 0 spiro atoms. The van der Waals surface area contributed by atoms with Crippen LogP contribution in [-0.2, 0) is 24.3 Å². The summed E-state index contributed by atoms with van der Waals surface area (Å²) in [7, 11) is 0. The Bertz CT molecular complexity index is 897. The first-order chi connectivity index (χ1) is 14.6. The molecule has 1 aromatic carbocycles. The highest BCUT2D eigenvalue weighted by atomic mass is 16.5. The summed E-state index contributed by atoms with van der Waals surface area (Å²) in [5.41, 5.74) is 9.26. The van der Waals surface area contributed by atoms with Gasteiger partial charge in [0, 0.05) is 25.1 Å². The summed E-state index contributed by atoms with van der Waals surface area (Å²) in [6.45, 7) is 5.54. The summed E-state index contributed by atoms with van der Waals surface area (Å²) >= 11 is 0. The number of unbranched alkanes of at least 4 members (excludes halogenated alkanes) is 1. The van der Waals surface area contributed by atoms with Gasteiger partial charge in [-0.15, -0.1) is 0 Å². The maximum Gasteiger partial charge on any atom is 0.320 e. The van der Waals surface area contributed by atoms with Crippen LogP contribution in [0.15, 0.2) is 24.3 Å². The Labute approximate surface area is 178 Å². The molecule has 2 aromatic rings. The molecule has 2 aliphatic rings. The van der Waals surface area contributed by atoms with Crippen molar-refractivity contribution in [1.82, 2.24) is 15.3 Å². The molecular formula is C23H31N5O2. The lowest BCUT2D eigenvalue weighted by atomic mass is 10.0. The molecule has 7 nitrogen and oxygen atoms in total. The molecule has 2 heterocycles. The van der Waals surface area contributed by atoms with Crippen LogP contribution in [0.4, 0.5) is 11.6 Å². The SMILES string of the molecule is CCCCOc1nc(N)c2c(n1)N(Cc1cccc(CNCC3CC3)c1)CC(=O)C2. The first kappa shape index (κ1) is 20.6. The van der Waals surface area contributed by atoms with E-state index in [1.165, 1.54) is 18.4 Å². The summed E-state index contributed by atoms with van der Waals surface area (Å²) in [6.07, 6.45) is 4.95. The minimum atomic E-state index is 0.125. The van der Waals surface area contributed by atoms with Gasteiger partial charge in [0.1, 0.15) is 11.6 Å². The smallest absolute Gasteiger partial charge is 0.320 e. The van der Waals surface area contributed by atoms with Crippen molar-refractivity contribution in [2.45, 2.75) is 52.1 Å². The van der Waals surface area contributed by atoms with Crippen LogP contribution in [0, 0.1) is 5.92 Å². The van der Waals surface area contributed by atoms with Gasteiger partial charge in [-0.1, -0.05) is 37.6 Å². The van der Waals surface area contributed by atoms with Crippen molar-refractivity contribution >= 4 is 17.4 Å². The number of rotatable bonds is 10. The molecule has 3 N–H and O–H groups in total. The van der Waals surface area contributed by atoms with Gasteiger partial charge >= 0.3 is 6.01 Å². The fourth-order valence-electron chi connectivity index (χ4n) is 3.74. The number of ketones is 1. The summed E-state index contributed by atoms with van der Waals surface area (Å²) in [6, 6.07) is 8.79. The molecule has 160 valence electrons. The topological polar surface area (TPSA) is 93.4 Å². The van der Waals surface area contributed by atoms with Crippen LogP contribution < -0.4 is 20.7 Å². The van der Waals surface area contributed by atoms with E-state index in [2.05, 4.69) is 46.5 Å². The van der Waals surface area contributed by atoms with Crippen LogP contribution in [0.1, 0.15) is 49.3 Å². The van der Waals surface area contributed by atoms with Crippen molar-refractivity contribution in [1.29, 1.82) is 0 Å². The first-order valence-electron chi connectivity index (χ1n) is 11.0. The minimum Gasteiger partial charge on any atom is -0.463 e. The molecule has 1 aliphatic heterocycles. The number of nitrogen functional groups attached to an aromatic ring is 1. The van der Waals surface area contributed by atoms with Gasteiger partial charge in [0.25, 0.3) is 0 Å². The minimum absolute atomic E-state index is 0.125. The van der Waals surface area contributed by atoms with Gasteiger partial charge in [-0.25, -0.2) is 0 Å². The average Bonchev–Trinajstić information content (AvgIpc) is 3.54. The van der Waals surface area contributed by atoms with Crippen LogP contribution >= 0.6 is 0 Å². The predicted molar refractivity (Wildman–Crippen MR) is 117 cm³/mol. The third-order valence-electron chi connectivity index (χ3n) is 5.59. The van der Waals surface area contributed by atoms with E-state index >= 15 is 0 Å². The number of nitrogens with two attached hydrogens (primary N) is 1. The number of hydrogen-bond donors (Lipinski definition) is 2. The molecule has 1 aliphatic carbocycles. The van der Waals surface area contributed by atoms with Crippen molar-refractivity contribution < 1.29 is 9.53 Å². The molecule has 7 heteroatoms. The summed E-state index contributed by atoms with van der Waals surface area (Å²) in [5.74, 6) is 2.04. The lowest BCUT2D eigenvalue weighted by molar-refractivity contribution is -0.117. The van der Waals surface area contributed by atoms with Gasteiger partial charge < -0.3 is 20.7 Å². The summed E-state index contributed by atoms with van der Waals surface area (Å²) in [4.78, 5) is 23.2. The van der Waals surface area contributed by atoms with E-state index in [-0.39, 0.29) is 18.2 Å². The predicted octanol–water partition coefficient (Wildman–Crippen LogP) is 2.87. The summed E-state index contributed by atoms with van der Waals surface area (Å²) < 4.78 is 5.68. The lowest BCUT2D eigenvalue weighted by Crippen LogP contribution is -2.36. The third kappa shape index (κ3) is 5.27. The van der Waals surface area contributed by atoms with Crippen molar-refractivity contribution in [3.05, 3.63) is 41.0 Å². The number of nitrogens with zero attached hydrogens (tertiary/aromatic N) is 3. The number of carbonyl (C=O) groups is 1. The lowest BCUT2D eigenvalue weighted by Gasteiger charge is -2.30.